The molecule has 0 aliphatic rings. The Balaban J connectivity index is 1.84. The molecule has 2 aromatic carbocycles. The van der Waals surface area contributed by atoms with E-state index in [4.69, 9.17) is 11.6 Å². The number of halogens is 1. The number of rotatable bonds is 8. The van der Waals surface area contributed by atoms with Gasteiger partial charge in [-0.2, -0.15) is 0 Å². The first kappa shape index (κ1) is 20.9. The number of aryl methyl sites for hydroxylation is 1. The maximum atomic E-state index is 12.4. The van der Waals surface area contributed by atoms with Crippen molar-refractivity contribution in [1.29, 1.82) is 0 Å². The molecule has 0 unspecified atom stereocenters. The van der Waals surface area contributed by atoms with Crippen LogP contribution in [0.25, 0.3) is 0 Å². The van der Waals surface area contributed by atoms with Crippen molar-refractivity contribution < 1.29 is 9.59 Å². The van der Waals surface area contributed by atoms with E-state index < -0.39 is 0 Å². The maximum Gasteiger partial charge on any atom is 0.238 e. The number of hydrogen-bond acceptors (Lipinski definition) is 3. The van der Waals surface area contributed by atoms with Gasteiger partial charge >= 0.3 is 0 Å². The quantitative estimate of drug-likeness (QED) is 0.724. The molecule has 0 bridgehead atoms. The van der Waals surface area contributed by atoms with Crippen LogP contribution in [0.1, 0.15) is 30.5 Å². The number of anilines is 1. The van der Waals surface area contributed by atoms with E-state index in [9.17, 15) is 9.59 Å². The third-order valence-electron chi connectivity index (χ3n) is 4.20. The number of benzene rings is 2. The Labute approximate surface area is 165 Å². The van der Waals surface area contributed by atoms with Gasteiger partial charge < -0.3 is 10.6 Å². The van der Waals surface area contributed by atoms with Crippen LogP contribution >= 0.6 is 11.6 Å². The van der Waals surface area contributed by atoms with Gasteiger partial charge in [0.2, 0.25) is 11.8 Å². The van der Waals surface area contributed by atoms with Gasteiger partial charge in [0.05, 0.1) is 29.8 Å². The molecule has 0 aliphatic heterocycles. The predicted octanol–water partition coefficient (Wildman–Crippen LogP) is 3.79. The average Bonchev–Trinajstić information content (AvgIpc) is 2.62. The van der Waals surface area contributed by atoms with E-state index in [0.29, 0.717) is 10.7 Å². The summed E-state index contributed by atoms with van der Waals surface area (Å²) in [7, 11) is 1.73. The number of nitrogens with zero attached hydrogens (tertiary/aromatic N) is 1. The predicted molar refractivity (Wildman–Crippen MR) is 110 cm³/mol. The second kappa shape index (κ2) is 10.1. The van der Waals surface area contributed by atoms with Crippen LogP contribution in [0.2, 0.25) is 5.02 Å². The molecule has 2 N–H and O–H groups in total. The van der Waals surface area contributed by atoms with Gasteiger partial charge in [0.25, 0.3) is 0 Å². The number of amides is 2. The maximum absolute atomic E-state index is 12.4. The van der Waals surface area contributed by atoms with E-state index in [1.54, 1.807) is 36.2 Å². The first-order valence-electron chi connectivity index (χ1n) is 8.98. The lowest BCUT2D eigenvalue weighted by molar-refractivity contribution is -0.123. The molecule has 6 heteroatoms. The Bertz CT molecular complexity index is 777. The van der Waals surface area contributed by atoms with Gasteiger partial charge in [-0.3, -0.25) is 14.5 Å². The fraction of sp³-hybridized carbons (Fsp3) is 0.333. The highest BCUT2D eigenvalue weighted by Crippen LogP contribution is 2.20. The van der Waals surface area contributed by atoms with Crippen LogP contribution in [-0.2, 0) is 9.59 Å². The van der Waals surface area contributed by atoms with E-state index in [0.717, 1.165) is 12.0 Å². The van der Waals surface area contributed by atoms with Crippen LogP contribution in [0.3, 0.4) is 0 Å². The normalized spacial score (nSPS) is 11.9. The lowest BCUT2D eigenvalue weighted by atomic mass is 10.0. The Morgan fingerprint density at radius 3 is 2.30 bits per heavy atom. The smallest absolute Gasteiger partial charge is 0.238 e. The van der Waals surface area contributed by atoms with Crippen molar-refractivity contribution in [2.75, 3.05) is 25.5 Å². The first-order valence-corrected chi connectivity index (χ1v) is 9.35. The van der Waals surface area contributed by atoms with Crippen molar-refractivity contribution in [3.63, 3.8) is 0 Å². The molecule has 0 fully saturated rings. The van der Waals surface area contributed by atoms with Crippen LogP contribution in [0.5, 0.6) is 0 Å². The minimum absolute atomic E-state index is 0.0385. The summed E-state index contributed by atoms with van der Waals surface area (Å²) in [6, 6.07) is 15.1. The number of likely N-dealkylation sites (N-methyl/N-ethyl adjacent to an activating group) is 1. The molecule has 1 atom stereocenters. The summed E-state index contributed by atoms with van der Waals surface area (Å²) in [5.74, 6) is -0.334. The molecule has 0 spiro atoms. The highest BCUT2D eigenvalue weighted by Gasteiger charge is 2.16. The van der Waals surface area contributed by atoms with E-state index in [1.165, 1.54) is 5.56 Å². The Morgan fingerprint density at radius 1 is 1.04 bits per heavy atom. The van der Waals surface area contributed by atoms with Crippen molar-refractivity contribution >= 4 is 29.1 Å². The fourth-order valence-corrected chi connectivity index (χ4v) is 2.94. The molecule has 0 aromatic heterocycles. The van der Waals surface area contributed by atoms with Crippen LogP contribution in [-0.4, -0.2) is 36.9 Å². The molecule has 0 saturated carbocycles. The number of para-hydroxylation sites is 1. The standard InChI is InChI=1S/C21H26ClN3O2/c1-4-18(16-11-9-15(2)10-12-16)23-20(26)13-25(3)14-21(27)24-19-8-6-5-7-17(19)22/h5-12,18H,4,13-14H2,1-3H3,(H,23,26)(H,24,27)/t18-/m1/s1. The van der Waals surface area contributed by atoms with Gasteiger partial charge in [-0.25, -0.2) is 0 Å². The number of carbonyl (C=O) groups is 2. The van der Waals surface area contributed by atoms with Gasteiger partial charge in [-0.1, -0.05) is 60.5 Å². The monoisotopic (exact) mass is 387 g/mol. The summed E-state index contributed by atoms with van der Waals surface area (Å²) in [5.41, 5.74) is 2.83. The van der Waals surface area contributed by atoms with E-state index >= 15 is 0 Å². The minimum Gasteiger partial charge on any atom is -0.348 e. The third-order valence-corrected chi connectivity index (χ3v) is 4.53. The molecule has 2 rings (SSSR count). The van der Waals surface area contributed by atoms with Crippen LogP contribution in [0.15, 0.2) is 48.5 Å². The second-order valence-electron chi connectivity index (χ2n) is 6.64. The summed E-state index contributed by atoms with van der Waals surface area (Å²) in [5, 5.41) is 6.27. The van der Waals surface area contributed by atoms with Crippen LogP contribution in [0, 0.1) is 6.92 Å². The molecular weight excluding hydrogens is 362 g/mol. The molecule has 0 aliphatic carbocycles. The Hall–Kier alpha value is -2.37. The van der Waals surface area contributed by atoms with Crippen molar-refractivity contribution in [2.24, 2.45) is 0 Å². The molecule has 144 valence electrons. The zero-order chi connectivity index (χ0) is 19.8. The average molecular weight is 388 g/mol. The number of nitrogens with one attached hydrogen (secondary N) is 2. The molecular formula is C21H26ClN3O2. The van der Waals surface area contributed by atoms with Crippen LogP contribution in [0.4, 0.5) is 5.69 Å². The van der Waals surface area contributed by atoms with Gasteiger partial charge in [0.15, 0.2) is 0 Å². The molecule has 5 nitrogen and oxygen atoms in total. The first-order chi connectivity index (χ1) is 12.9. The lowest BCUT2D eigenvalue weighted by Gasteiger charge is -2.21. The van der Waals surface area contributed by atoms with Crippen molar-refractivity contribution in [1.82, 2.24) is 10.2 Å². The number of hydrogen-bond donors (Lipinski definition) is 2. The molecule has 27 heavy (non-hydrogen) atoms. The SMILES string of the molecule is CC[C@@H](NC(=O)CN(C)CC(=O)Nc1ccccc1Cl)c1ccc(C)cc1. The molecule has 2 amide bonds. The second-order valence-corrected chi connectivity index (χ2v) is 7.05. The van der Waals surface area contributed by atoms with Gasteiger partial charge in [0.1, 0.15) is 0 Å². The zero-order valence-corrected chi connectivity index (χ0v) is 16.7. The third kappa shape index (κ3) is 6.70. The van der Waals surface area contributed by atoms with Crippen LogP contribution < -0.4 is 10.6 Å². The molecule has 0 radical (unpaired) electrons. The fourth-order valence-electron chi connectivity index (χ4n) is 2.76. The van der Waals surface area contributed by atoms with Gasteiger partial charge in [-0.15, -0.1) is 0 Å². The van der Waals surface area contributed by atoms with Crippen molar-refractivity contribution in [3.05, 3.63) is 64.7 Å². The van der Waals surface area contributed by atoms with E-state index in [-0.39, 0.29) is 30.9 Å². The molecule has 0 heterocycles. The topological polar surface area (TPSA) is 61.4 Å². The molecule has 0 saturated heterocycles. The van der Waals surface area contributed by atoms with Crippen molar-refractivity contribution in [2.45, 2.75) is 26.3 Å². The van der Waals surface area contributed by atoms with Gasteiger partial charge in [-0.05, 0) is 38.1 Å². The summed E-state index contributed by atoms with van der Waals surface area (Å²) in [6.45, 7) is 4.30. The number of carbonyl (C=O) groups excluding carboxylic acids is 2. The minimum atomic E-state index is -0.219. The highest BCUT2D eigenvalue weighted by molar-refractivity contribution is 6.33. The summed E-state index contributed by atoms with van der Waals surface area (Å²) in [6.07, 6.45) is 0.797. The van der Waals surface area contributed by atoms with E-state index in [2.05, 4.69) is 10.6 Å². The lowest BCUT2D eigenvalue weighted by Crippen LogP contribution is -2.40. The zero-order valence-electron chi connectivity index (χ0n) is 16.0. The Kier molecular flexibility index (Phi) is 7.82. The summed E-state index contributed by atoms with van der Waals surface area (Å²) < 4.78 is 0. The van der Waals surface area contributed by atoms with Gasteiger partial charge in [0, 0.05) is 0 Å². The summed E-state index contributed by atoms with van der Waals surface area (Å²) in [4.78, 5) is 26.2. The summed E-state index contributed by atoms with van der Waals surface area (Å²) >= 11 is 6.04. The molecule has 2 aromatic rings. The van der Waals surface area contributed by atoms with E-state index in [1.807, 2.05) is 38.1 Å². The van der Waals surface area contributed by atoms with Crippen molar-refractivity contribution in [3.8, 4) is 0 Å². The Morgan fingerprint density at radius 2 is 1.67 bits per heavy atom. The largest absolute Gasteiger partial charge is 0.348 e. The highest BCUT2D eigenvalue weighted by atomic mass is 35.5.